The number of anilines is 6. The van der Waals surface area contributed by atoms with E-state index < -0.39 is 6.29 Å². The van der Waals surface area contributed by atoms with Crippen molar-refractivity contribution < 1.29 is 28.5 Å². The Labute approximate surface area is 556 Å². The summed E-state index contributed by atoms with van der Waals surface area (Å²) in [6, 6.07) is 40.3. The average molecular weight is 1300 g/mol. The van der Waals surface area contributed by atoms with Crippen LogP contribution in [0.5, 0.6) is 0 Å². The van der Waals surface area contributed by atoms with Crippen molar-refractivity contribution in [3.05, 3.63) is 214 Å². The molecule has 0 amide bonds. The molecule has 13 heterocycles. The number of nitrogens with zero attached hydrogens (tertiary/aromatic N) is 10. The van der Waals surface area contributed by atoms with E-state index in [9.17, 15) is 9.59 Å². The van der Waals surface area contributed by atoms with Gasteiger partial charge in [-0.1, -0.05) is 36.4 Å². The molecule has 24 heteroatoms. The molecule has 4 aliphatic rings. The zero-order valence-electron chi connectivity index (χ0n) is 54.0. The molecule has 13 rings (SSSR count). The van der Waals surface area contributed by atoms with E-state index in [-0.39, 0.29) is 24.5 Å². The highest BCUT2D eigenvalue weighted by Gasteiger charge is 2.17. The molecular weight excluding hydrogens is 1210 g/mol. The van der Waals surface area contributed by atoms with E-state index in [4.69, 9.17) is 41.4 Å². The van der Waals surface area contributed by atoms with E-state index in [2.05, 4.69) is 90.4 Å². The average Bonchev–Trinajstić information content (AvgIpc) is 2.06. The van der Waals surface area contributed by atoms with Crippen molar-refractivity contribution in [3.8, 4) is 6.07 Å². The number of aldehydes is 2. The molecule has 4 aliphatic heterocycles. The first-order chi connectivity index (χ1) is 45.5. The number of nitriles is 1. The number of nitrogens with one attached hydrogen (secondary N) is 4. The summed E-state index contributed by atoms with van der Waals surface area (Å²) in [7, 11) is 6.39. The number of nitrogens with two attached hydrogens (primary N) is 3. The first-order valence-electron chi connectivity index (χ1n) is 30.7. The molecule has 0 radical (unpaired) electrons. The Morgan fingerprint density at radius 3 is 1.51 bits per heavy atom. The Bertz CT molecular complexity index is 3710. The Morgan fingerprint density at radius 1 is 0.532 bits per heavy atom. The molecule has 9 aromatic rings. The number of aromatic nitrogens is 9. The van der Waals surface area contributed by atoms with Crippen molar-refractivity contribution in [2.75, 3.05) is 93.9 Å². The van der Waals surface area contributed by atoms with Gasteiger partial charge < -0.3 is 57.4 Å². The van der Waals surface area contributed by atoms with Crippen LogP contribution in [0, 0.1) is 18.3 Å². The summed E-state index contributed by atoms with van der Waals surface area (Å²) in [6.45, 7) is 6.72. The molecular formula is C70H86ClN17O6. The predicted molar refractivity (Wildman–Crippen MR) is 374 cm³/mol. The third-order valence-electron chi connectivity index (χ3n) is 14.1. The standard InChI is InChI=1S/C11H17N3.C11H11N3.C11H16N2O2.C11H12N2O2.C9H10N2O.C6H6N2O.C6H7N.C5H6N2.ClH/c2*12-7-1-4-10-6-5-9-3-2-8-13-11(9)14-10;2*1-14-11(15-2)9-6-5-8-4-3-7-12-10(8)13-9;12-6-8-4-3-7-2-1-5-10-9(7)11-8;7-6-5(4-9)2-1-3-8-6;1-6-4-2-3-5-7-6;6-5-3-1-2-4-7-5;/h5-6H,1-4,7-8,12H2,(H,13,14);1,4-6H,2-3,8H2,(H,13,14);5-6,11H,3-4,7H2,1-2H3,(H,12,13);3-7,11H,1-2H3;3-4,6H,1-2,5H2,(H,10,11);1-4H,(H2,7,8);2-5H,1H3;1-4H,(H2,6,7);1H. The maximum absolute atomic E-state index is 10.4. The van der Waals surface area contributed by atoms with Crippen LogP contribution in [0.3, 0.4) is 0 Å². The lowest BCUT2D eigenvalue weighted by Gasteiger charge is -2.19. The molecule has 0 atom stereocenters. The summed E-state index contributed by atoms with van der Waals surface area (Å²) >= 11 is 0. The third kappa shape index (κ3) is 25.6. The van der Waals surface area contributed by atoms with Gasteiger partial charge >= 0.3 is 0 Å². The number of halogens is 1. The number of methoxy groups -OCH3 is 4. The Balaban J connectivity index is 0.000000197. The van der Waals surface area contributed by atoms with E-state index >= 15 is 0 Å². The number of fused-ring (bicyclic) bond motifs is 5. The van der Waals surface area contributed by atoms with Crippen LogP contribution in [-0.2, 0) is 51.1 Å². The van der Waals surface area contributed by atoms with Crippen molar-refractivity contribution >= 4 is 77.0 Å². The zero-order chi connectivity index (χ0) is 66.3. The molecule has 10 N–H and O–H groups in total. The second-order valence-corrected chi connectivity index (χ2v) is 20.9. The zero-order valence-corrected chi connectivity index (χ0v) is 54.8. The largest absolute Gasteiger partial charge is 0.384 e. The highest BCUT2D eigenvalue weighted by Crippen LogP contribution is 2.25. The number of rotatable bonds is 12. The van der Waals surface area contributed by atoms with Gasteiger partial charge in [0.15, 0.2) is 18.2 Å². The van der Waals surface area contributed by atoms with Crippen LogP contribution in [-0.4, -0.2) is 119 Å². The van der Waals surface area contributed by atoms with Gasteiger partial charge in [0.2, 0.25) is 12.6 Å². The van der Waals surface area contributed by atoms with Gasteiger partial charge in [-0.2, -0.15) is 5.26 Å². The summed E-state index contributed by atoms with van der Waals surface area (Å²) in [6.07, 6.45) is 21.7. The van der Waals surface area contributed by atoms with Crippen LogP contribution in [0.15, 0.2) is 152 Å². The van der Waals surface area contributed by atoms with Gasteiger partial charge in [-0.3, -0.25) is 14.6 Å². The van der Waals surface area contributed by atoms with Crippen molar-refractivity contribution in [1.29, 1.82) is 5.26 Å². The summed E-state index contributed by atoms with van der Waals surface area (Å²) in [4.78, 5) is 58.1. The molecule has 94 heavy (non-hydrogen) atoms. The molecule has 23 nitrogen and oxygen atoms in total. The fraction of sp³-hybridized carbons (Fsp3) is 0.314. The molecule has 0 bridgehead atoms. The normalized spacial score (nSPS) is 12.5. The molecule has 0 fully saturated rings. The number of hydrogen-bond acceptors (Lipinski definition) is 23. The molecule has 494 valence electrons. The van der Waals surface area contributed by atoms with Crippen molar-refractivity contribution in [3.63, 3.8) is 0 Å². The van der Waals surface area contributed by atoms with Crippen LogP contribution in [0.4, 0.5) is 34.9 Å². The number of hydrogen-bond donors (Lipinski definition) is 7. The summed E-state index contributed by atoms with van der Waals surface area (Å²) in [5, 5.41) is 22.4. The fourth-order valence-electron chi connectivity index (χ4n) is 9.36. The van der Waals surface area contributed by atoms with Gasteiger partial charge in [0.25, 0.3) is 0 Å². The van der Waals surface area contributed by atoms with E-state index in [0.29, 0.717) is 29.0 Å². The number of ether oxygens (including phenoxy) is 4. The Kier molecular flexibility index (Phi) is 34.2. The smallest absolute Gasteiger partial charge is 0.200 e. The van der Waals surface area contributed by atoms with E-state index in [1.165, 1.54) is 47.6 Å². The number of nitrogen functional groups attached to an aromatic ring is 2. The quantitative estimate of drug-likeness (QED) is 0.0339. The molecule has 0 unspecified atom stereocenters. The van der Waals surface area contributed by atoms with Crippen molar-refractivity contribution in [2.24, 2.45) is 5.73 Å². The van der Waals surface area contributed by atoms with E-state index in [1.807, 2.05) is 85.8 Å². The van der Waals surface area contributed by atoms with E-state index in [0.717, 1.165) is 141 Å². The number of pyridine rings is 9. The minimum atomic E-state index is -0.434. The maximum Gasteiger partial charge on any atom is 0.200 e. The molecule has 0 saturated carbocycles. The van der Waals surface area contributed by atoms with Crippen LogP contribution < -0.4 is 38.5 Å². The molecule has 0 spiro atoms. The van der Waals surface area contributed by atoms with Gasteiger partial charge in [0.05, 0.1) is 28.7 Å². The lowest BCUT2D eigenvalue weighted by Crippen LogP contribution is -2.15. The molecule has 9 aromatic heterocycles. The number of aryl methyl sites for hydroxylation is 6. The second-order valence-electron chi connectivity index (χ2n) is 20.9. The van der Waals surface area contributed by atoms with E-state index in [1.54, 1.807) is 83.6 Å². The molecule has 0 aromatic carbocycles. The molecule has 0 saturated heterocycles. The van der Waals surface area contributed by atoms with Crippen LogP contribution in [0.1, 0.15) is 116 Å². The fourth-order valence-corrected chi connectivity index (χ4v) is 9.36. The minimum Gasteiger partial charge on any atom is -0.384 e. The predicted octanol–water partition coefficient (Wildman–Crippen LogP) is 11.2. The lowest BCUT2D eigenvalue weighted by molar-refractivity contribution is -0.108. The highest BCUT2D eigenvalue weighted by atomic mass is 35.5. The van der Waals surface area contributed by atoms with Gasteiger partial charge in [-0.15, -0.1) is 12.4 Å². The van der Waals surface area contributed by atoms with Gasteiger partial charge in [0.1, 0.15) is 40.6 Å². The summed E-state index contributed by atoms with van der Waals surface area (Å²) in [5.41, 5.74) is 27.4. The van der Waals surface area contributed by atoms with Crippen LogP contribution >= 0.6 is 12.4 Å². The van der Waals surface area contributed by atoms with Crippen LogP contribution in [0.2, 0.25) is 0 Å². The number of allylic oxidation sites excluding steroid dienone is 1. The Hall–Kier alpha value is -9.93. The monoisotopic (exact) mass is 1300 g/mol. The van der Waals surface area contributed by atoms with Crippen LogP contribution in [0.25, 0.3) is 17.1 Å². The lowest BCUT2D eigenvalue weighted by atomic mass is 10.1. The third-order valence-corrected chi connectivity index (χ3v) is 14.1. The number of carbonyl (C=O) groups excluding carboxylic acids is 2. The summed E-state index contributed by atoms with van der Waals surface area (Å²) < 4.78 is 20.6. The topological polar surface area (TPSA) is 337 Å². The number of carbonyl (C=O) groups is 2. The Morgan fingerprint density at radius 2 is 1.03 bits per heavy atom. The van der Waals surface area contributed by atoms with Gasteiger partial charge in [-0.25, -0.2) is 39.9 Å². The van der Waals surface area contributed by atoms with Crippen molar-refractivity contribution in [2.45, 2.75) is 83.7 Å². The molecule has 0 aliphatic carbocycles. The first-order valence-corrected chi connectivity index (χ1v) is 30.7. The summed E-state index contributed by atoms with van der Waals surface area (Å²) in [5.74, 6) is 4.76. The van der Waals surface area contributed by atoms with Crippen molar-refractivity contribution in [1.82, 2.24) is 44.9 Å². The minimum absolute atomic E-state index is 0. The maximum atomic E-state index is 10.4. The second kappa shape index (κ2) is 43.0. The highest BCUT2D eigenvalue weighted by molar-refractivity contribution is 5.85. The van der Waals surface area contributed by atoms with Gasteiger partial charge in [-0.05, 0) is 191 Å². The SMILES string of the molecule is COC(OC)c1ccc2c(n1)NCCC2.COC(OC)c1ccc2cccnc2n1.Cc1ccccn1.Cl.N#CC=Cc1ccc2c(n1)NCCC2.NCCCc1ccc2c(n1)NCCC2.Nc1ccccn1.Nc1ncccc1C=O.O=Cc1ccc2c(n1)NCCC2. The van der Waals surface area contributed by atoms with Gasteiger partial charge in [0, 0.05) is 102 Å². The first kappa shape index (κ1) is 74.8.